The molecule has 0 fully saturated rings. The van der Waals surface area contributed by atoms with Gasteiger partial charge in [-0.15, -0.1) is 0 Å². The van der Waals surface area contributed by atoms with Crippen molar-refractivity contribution in [2.24, 2.45) is 11.7 Å². The van der Waals surface area contributed by atoms with E-state index in [1.54, 1.807) is 14.2 Å². The topological polar surface area (TPSA) is 64.3 Å². The molecule has 0 aliphatic rings. The minimum absolute atomic E-state index is 0.0278. The van der Waals surface area contributed by atoms with Crippen molar-refractivity contribution in [2.45, 2.75) is 32.4 Å². The van der Waals surface area contributed by atoms with Crippen LogP contribution in [0.25, 0.3) is 0 Å². The van der Waals surface area contributed by atoms with Crippen molar-refractivity contribution >= 4 is 5.91 Å². The number of likely N-dealkylation sites (N-methyl/N-ethyl adjacent to an activating group) is 1. The molecule has 0 aromatic rings. The number of rotatable bonds is 5. The second kappa shape index (κ2) is 4.58. The number of nitrogens with two attached hydrogens (primary N) is 1. The van der Waals surface area contributed by atoms with Crippen molar-refractivity contribution in [3.8, 4) is 0 Å². The van der Waals surface area contributed by atoms with Crippen molar-refractivity contribution in [2.75, 3.05) is 14.2 Å². The van der Waals surface area contributed by atoms with Gasteiger partial charge in [0.15, 0.2) is 0 Å². The zero-order chi connectivity index (χ0) is 10.6. The van der Waals surface area contributed by atoms with Gasteiger partial charge in [0, 0.05) is 13.0 Å². The monoisotopic (exact) mass is 188 g/mol. The van der Waals surface area contributed by atoms with Crippen LogP contribution in [0.1, 0.15) is 20.8 Å². The highest BCUT2D eigenvalue weighted by Crippen LogP contribution is 2.22. The summed E-state index contributed by atoms with van der Waals surface area (Å²) in [5.74, 6) is -0.319. The summed E-state index contributed by atoms with van der Waals surface area (Å²) >= 11 is 0. The highest BCUT2D eigenvalue weighted by atomic mass is 16.5. The first-order chi connectivity index (χ1) is 5.86. The molecule has 1 amide bonds. The van der Waals surface area contributed by atoms with Crippen LogP contribution in [0.2, 0.25) is 0 Å². The molecule has 0 radical (unpaired) electrons. The molecule has 0 saturated heterocycles. The molecule has 3 N–H and O–H groups in total. The summed E-state index contributed by atoms with van der Waals surface area (Å²) in [6.07, 6.45) is 0. The van der Waals surface area contributed by atoms with Crippen LogP contribution in [0.15, 0.2) is 0 Å². The maximum atomic E-state index is 11.0. The molecule has 0 aliphatic heterocycles. The summed E-state index contributed by atoms with van der Waals surface area (Å²) in [6.45, 7) is 5.81. The molecule has 0 bridgehead atoms. The summed E-state index contributed by atoms with van der Waals surface area (Å²) < 4.78 is 5.28. The van der Waals surface area contributed by atoms with Crippen LogP contribution in [0.4, 0.5) is 0 Å². The third-order valence-corrected chi connectivity index (χ3v) is 2.74. The predicted octanol–water partition coefficient (Wildman–Crippen LogP) is 0.121. The molecule has 4 heteroatoms. The molecule has 78 valence electrons. The normalized spacial score (nSPS) is 16.7. The molecule has 0 saturated carbocycles. The van der Waals surface area contributed by atoms with Gasteiger partial charge in [-0.25, -0.2) is 0 Å². The lowest BCUT2D eigenvalue weighted by molar-refractivity contribution is -0.124. The second-order valence-electron chi connectivity index (χ2n) is 3.76. The number of hydrogen-bond acceptors (Lipinski definition) is 3. The lowest BCUT2D eigenvalue weighted by Gasteiger charge is -2.34. The molecule has 4 nitrogen and oxygen atoms in total. The van der Waals surface area contributed by atoms with Crippen LogP contribution in [0, 0.1) is 5.92 Å². The fourth-order valence-corrected chi connectivity index (χ4v) is 1.23. The third kappa shape index (κ3) is 2.97. The fourth-order valence-electron chi connectivity index (χ4n) is 1.23. The van der Waals surface area contributed by atoms with E-state index in [2.05, 4.69) is 5.32 Å². The number of carbonyl (C=O) groups excluding carboxylic acids is 1. The van der Waals surface area contributed by atoms with Gasteiger partial charge in [-0.1, -0.05) is 6.92 Å². The minimum Gasteiger partial charge on any atom is -0.378 e. The largest absolute Gasteiger partial charge is 0.378 e. The number of amides is 1. The van der Waals surface area contributed by atoms with Crippen LogP contribution < -0.4 is 11.1 Å². The molecule has 0 aliphatic carbocycles. The Kier molecular flexibility index (Phi) is 4.36. The van der Waals surface area contributed by atoms with E-state index in [4.69, 9.17) is 10.5 Å². The molecular weight excluding hydrogens is 168 g/mol. The molecule has 2 atom stereocenters. The SMILES string of the molecule is CNC(C(N)=O)C(C)C(C)(C)OC. The highest BCUT2D eigenvalue weighted by Gasteiger charge is 2.34. The Morgan fingerprint density at radius 3 is 2.23 bits per heavy atom. The van der Waals surface area contributed by atoms with Gasteiger partial charge >= 0.3 is 0 Å². The van der Waals surface area contributed by atoms with Crippen molar-refractivity contribution in [1.29, 1.82) is 0 Å². The molecule has 0 aromatic carbocycles. The van der Waals surface area contributed by atoms with Gasteiger partial charge in [-0.05, 0) is 20.9 Å². The second-order valence-corrected chi connectivity index (χ2v) is 3.76. The maximum Gasteiger partial charge on any atom is 0.234 e. The molecule has 2 unspecified atom stereocenters. The highest BCUT2D eigenvalue weighted by molar-refractivity contribution is 5.80. The Bertz CT molecular complexity index is 180. The van der Waals surface area contributed by atoms with E-state index >= 15 is 0 Å². The van der Waals surface area contributed by atoms with Gasteiger partial charge in [0.05, 0.1) is 11.6 Å². The molecule has 0 heterocycles. The lowest BCUT2D eigenvalue weighted by Crippen LogP contribution is -2.51. The Labute approximate surface area is 79.8 Å². The lowest BCUT2D eigenvalue weighted by atomic mass is 9.85. The Morgan fingerprint density at radius 2 is 2.00 bits per heavy atom. The Hall–Kier alpha value is -0.610. The summed E-state index contributed by atoms with van der Waals surface area (Å²) in [5.41, 5.74) is 4.88. The van der Waals surface area contributed by atoms with Gasteiger partial charge in [0.1, 0.15) is 0 Å². The number of hydrogen-bond donors (Lipinski definition) is 2. The quantitative estimate of drug-likeness (QED) is 0.644. The van der Waals surface area contributed by atoms with Gasteiger partial charge in [-0.3, -0.25) is 4.79 Å². The average Bonchev–Trinajstić information content (AvgIpc) is 2.05. The van der Waals surface area contributed by atoms with E-state index in [1.165, 1.54) is 0 Å². The van der Waals surface area contributed by atoms with E-state index in [-0.39, 0.29) is 23.5 Å². The average molecular weight is 188 g/mol. The molecule has 0 aromatic heterocycles. The first kappa shape index (κ1) is 12.4. The zero-order valence-electron chi connectivity index (χ0n) is 9.05. The van der Waals surface area contributed by atoms with E-state index in [1.807, 2.05) is 20.8 Å². The smallest absolute Gasteiger partial charge is 0.234 e. The van der Waals surface area contributed by atoms with Gasteiger partial charge in [-0.2, -0.15) is 0 Å². The predicted molar refractivity (Wildman–Crippen MR) is 52.3 cm³/mol. The summed E-state index contributed by atoms with van der Waals surface area (Å²) in [4.78, 5) is 11.0. The molecule has 0 rings (SSSR count). The number of nitrogens with one attached hydrogen (secondary N) is 1. The summed E-state index contributed by atoms with van der Waals surface area (Å²) in [7, 11) is 3.35. The van der Waals surface area contributed by atoms with Gasteiger partial charge in [0.25, 0.3) is 0 Å². The standard InChI is InChI=1S/C9H20N2O2/c1-6(9(2,3)13-5)7(11-4)8(10)12/h6-7,11H,1-5H3,(H2,10,12). The summed E-state index contributed by atoms with van der Waals surface area (Å²) in [5, 5.41) is 2.89. The van der Waals surface area contributed by atoms with E-state index in [0.29, 0.717) is 0 Å². The first-order valence-electron chi connectivity index (χ1n) is 4.38. The zero-order valence-corrected chi connectivity index (χ0v) is 9.05. The summed E-state index contributed by atoms with van der Waals surface area (Å²) in [6, 6.07) is -0.352. The first-order valence-corrected chi connectivity index (χ1v) is 4.38. The van der Waals surface area contributed by atoms with Crippen LogP contribution in [-0.4, -0.2) is 31.7 Å². The maximum absolute atomic E-state index is 11.0. The van der Waals surface area contributed by atoms with Gasteiger partial charge < -0.3 is 15.8 Å². The number of methoxy groups -OCH3 is 1. The van der Waals surface area contributed by atoms with Crippen molar-refractivity contribution < 1.29 is 9.53 Å². The number of primary amides is 1. The van der Waals surface area contributed by atoms with E-state index in [9.17, 15) is 4.79 Å². The van der Waals surface area contributed by atoms with Crippen LogP contribution in [-0.2, 0) is 9.53 Å². The van der Waals surface area contributed by atoms with Gasteiger partial charge in [0.2, 0.25) is 5.91 Å². The fraction of sp³-hybridized carbons (Fsp3) is 0.889. The number of ether oxygens (including phenoxy) is 1. The number of carbonyl (C=O) groups is 1. The molecular formula is C9H20N2O2. The minimum atomic E-state index is -0.358. The van der Waals surface area contributed by atoms with E-state index in [0.717, 1.165) is 0 Å². The molecule has 0 spiro atoms. The van der Waals surface area contributed by atoms with Crippen LogP contribution >= 0.6 is 0 Å². The Balaban J connectivity index is 4.54. The third-order valence-electron chi connectivity index (χ3n) is 2.74. The van der Waals surface area contributed by atoms with Crippen molar-refractivity contribution in [3.05, 3.63) is 0 Å². The van der Waals surface area contributed by atoms with E-state index < -0.39 is 0 Å². The van der Waals surface area contributed by atoms with Crippen molar-refractivity contribution in [1.82, 2.24) is 5.32 Å². The van der Waals surface area contributed by atoms with Crippen LogP contribution in [0.5, 0.6) is 0 Å². The molecule has 13 heavy (non-hydrogen) atoms. The Morgan fingerprint density at radius 1 is 1.54 bits per heavy atom. The van der Waals surface area contributed by atoms with Crippen molar-refractivity contribution in [3.63, 3.8) is 0 Å². The van der Waals surface area contributed by atoms with Crippen LogP contribution in [0.3, 0.4) is 0 Å².